The lowest BCUT2D eigenvalue weighted by Crippen LogP contribution is -2.36. The van der Waals surface area contributed by atoms with Crippen molar-refractivity contribution in [2.24, 2.45) is 0 Å². The van der Waals surface area contributed by atoms with Gasteiger partial charge < -0.3 is 9.84 Å². The Bertz CT molecular complexity index is 327. The van der Waals surface area contributed by atoms with Gasteiger partial charge in [0.1, 0.15) is 5.75 Å². The number of hydrogen-bond donors (Lipinski definition) is 1. The molecule has 0 unspecified atom stereocenters. The van der Waals surface area contributed by atoms with Crippen molar-refractivity contribution >= 4 is 17.0 Å². The van der Waals surface area contributed by atoms with E-state index in [-0.39, 0.29) is 17.0 Å². The predicted octanol–water partition coefficient (Wildman–Crippen LogP) is 2.23. The lowest BCUT2D eigenvalue weighted by molar-refractivity contribution is 0.0375. The first-order chi connectivity index (χ1) is 7.84. The molecule has 0 aromatic heterocycles. The minimum absolute atomic E-state index is 0. The summed E-state index contributed by atoms with van der Waals surface area (Å²) in [4.78, 5) is 2.44. The normalized spacial score (nSPS) is 16.5. The number of rotatable bonds is 4. The summed E-state index contributed by atoms with van der Waals surface area (Å²) in [6.07, 6.45) is 2.18. The fraction of sp³-hybridized carbons (Fsp3) is 0.538. The van der Waals surface area contributed by atoms with Crippen LogP contribution in [0.2, 0.25) is 0 Å². The average Bonchev–Trinajstić information content (AvgIpc) is 2.30. The van der Waals surface area contributed by atoms with E-state index in [1.54, 1.807) is 6.07 Å². The molecule has 0 amide bonds. The number of nitrogens with zero attached hydrogens (tertiary/aromatic N) is 1. The summed E-state index contributed by atoms with van der Waals surface area (Å²) in [5, 5.41) is 9.33. The van der Waals surface area contributed by atoms with E-state index < -0.39 is 0 Å². The predicted molar refractivity (Wildman–Crippen MR) is 74.0 cm³/mol. The lowest BCUT2D eigenvalue weighted by Gasteiger charge is -2.26. The first-order valence-electron chi connectivity index (χ1n) is 5.92. The van der Waals surface area contributed by atoms with Gasteiger partial charge in [-0.05, 0) is 37.1 Å². The topological polar surface area (TPSA) is 32.7 Å². The highest BCUT2D eigenvalue weighted by atomic mass is 79.9. The van der Waals surface area contributed by atoms with Crippen molar-refractivity contribution in [3.63, 3.8) is 0 Å². The maximum absolute atomic E-state index is 9.33. The molecular weight excluding hydrogens is 282 g/mol. The second-order valence-electron chi connectivity index (χ2n) is 4.23. The molecule has 1 aromatic rings. The lowest BCUT2D eigenvalue weighted by atomic mass is 10.1. The molecule has 3 nitrogen and oxygen atoms in total. The number of phenols is 1. The zero-order valence-electron chi connectivity index (χ0n) is 9.97. The Morgan fingerprint density at radius 2 is 2.00 bits per heavy atom. The minimum Gasteiger partial charge on any atom is -0.508 e. The Labute approximate surface area is 113 Å². The molecule has 1 fully saturated rings. The SMILES string of the molecule is Br.Oc1cccc(CCCN2CCOCC2)c1. The van der Waals surface area contributed by atoms with Crippen molar-refractivity contribution in [3.8, 4) is 5.75 Å². The van der Waals surface area contributed by atoms with Crippen LogP contribution in [0.25, 0.3) is 0 Å². The Hall–Kier alpha value is -0.580. The third kappa shape index (κ3) is 5.06. The molecule has 96 valence electrons. The highest BCUT2D eigenvalue weighted by Crippen LogP contribution is 2.12. The molecule has 1 N–H and O–H groups in total. The van der Waals surface area contributed by atoms with Crippen molar-refractivity contribution < 1.29 is 9.84 Å². The molecule has 1 aromatic carbocycles. The van der Waals surface area contributed by atoms with Crippen molar-refractivity contribution in [2.75, 3.05) is 32.8 Å². The molecule has 1 aliphatic rings. The van der Waals surface area contributed by atoms with Crippen LogP contribution in [0.4, 0.5) is 0 Å². The second kappa shape index (κ2) is 7.69. The second-order valence-corrected chi connectivity index (χ2v) is 4.23. The minimum atomic E-state index is 0. The van der Waals surface area contributed by atoms with Crippen LogP contribution >= 0.6 is 17.0 Å². The van der Waals surface area contributed by atoms with Gasteiger partial charge >= 0.3 is 0 Å². The summed E-state index contributed by atoms with van der Waals surface area (Å²) in [5.74, 6) is 0.365. The quantitative estimate of drug-likeness (QED) is 0.926. The van der Waals surface area contributed by atoms with Gasteiger partial charge in [0.05, 0.1) is 13.2 Å². The van der Waals surface area contributed by atoms with Gasteiger partial charge in [-0.15, -0.1) is 17.0 Å². The van der Waals surface area contributed by atoms with E-state index in [0.717, 1.165) is 45.7 Å². The van der Waals surface area contributed by atoms with Crippen LogP contribution in [0.3, 0.4) is 0 Å². The first kappa shape index (κ1) is 14.5. The summed E-state index contributed by atoms with van der Waals surface area (Å²) >= 11 is 0. The summed E-state index contributed by atoms with van der Waals surface area (Å²) in [5.41, 5.74) is 1.22. The molecule has 1 aliphatic heterocycles. The third-order valence-electron chi connectivity index (χ3n) is 2.95. The van der Waals surface area contributed by atoms with E-state index in [0.29, 0.717) is 5.75 Å². The Morgan fingerprint density at radius 3 is 2.71 bits per heavy atom. The van der Waals surface area contributed by atoms with E-state index in [9.17, 15) is 5.11 Å². The van der Waals surface area contributed by atoms with E-state index in [4.69, 9.17) is 4.74 Å². The van der Waals surface area contributed by atoms with E-state index in [1.165, 1.54) is 5.56 Å². The summed E-state index contributed by atoms with van der Waals surface area (Å²) < 4.78 is 5.31. The zero-order chi connectivity index (χ0) is 11.2. The Balaban J connectivity index is 0.00000144. The first-order valence-corrected chi connectivity index (χ1v) is 5.92. The van der Waals surface area contributed by atoms with Gasteiger partial charge in [-0.25, -0.2) is 0 Å². The van der Waals surface area contributed by atoms with Gasteiger partial charge in [-0.2, -0.15) is 0 Å². The van der Waals surface area contributed by atoms with Crippen LogP contribution in [-0.2, 0) is 11.2 Å². The number of benzene rings is 1. The smallest absolute Gasteiger partial charge is 0.115 e. The largest absolute Gasteiger partial charge is 0.508 e. The molecule has 0 saturated carbocycles. The molecule has 1 heterocycles. The van der Waals surface area contributed by atoms with E-state index in [2.05, 4.69) is 11.0 Å². The van der Waals surface area contributed by atoms with Gasteiger partial charge in [0.25, 0.3) is 0 Å². The Morgan fingerprint density at radius 1 is 1.24 bits per heavy atom. The Kier molecular flexibility index (Phi) is 6.55. The van der Waals surface area contributed by atoms with Crippen LogP contribution in [0, 0.1) is 0 Å². The molecule has 0 aliphatic carbocycles. The molecule has 0 atom stereocenters. The zero-order valence-corrected chi connectivity index (χ0v) is 11.7. The number of aryl methyl sites for hydroxylation is 1. The fourth-order valence-corrected chi connectivity index (χ4v) is 2.04. The number of ether oxygens (including phenoxy) is 1. The van der Waals surface area contributed by atoms with Gasteiger partial charge in [0.15, 0.2) is 0 Å². The van der Waals surface area contributed by atoms with Crippen LogP contribution in [-0.4, -0.2) is 42.9 Å². The molecule has 1 saturated heterocycles. The summed E-state index contributed by atoms with van der Waals surface area (Å²) in [6, 6.07) is 7.53. The molecule has 0 spiro atoms. The van der Waals surface area contributed by atoms with Gasteiger partial charge in [-0.1, -0.05) is 12.1 Å². The number of hydrogen-bond acceptors (Lipinski definition) is 3. The summed E-state index contributed by atoms with van der Waals surface area (Å²) in [6.45, 7) is 4.97. The van der Waals surface area contributed by atoms with E-state index in [1.807, 2.05) is 12.1 Å². The van der Waals surface area contributed by atoms with Crippen LogP contribution in [0.15, 0.2) is 24.3 Å². The van der Waals surface area contributed by atoms with Crippen molar-refractivity contribution in [1.82, 2.24) is 4.90 Å². The molecule has 0 bridgehead atoms. The van der Waals surface area contributed by atoms with Gasteiger partial charge in [0.2, 0.25) is 0 Å². The number of halogens is 1. The highest BCUT2D eigenvalue weighted by Gasteiger charge is 2.09. The number of phenolic OH excluding ortho intramolecular Hbond substituents is 1. The van der Waals surface area contributed by atoms with Crippen LogP contribution in [0.5, 0.6) is 5.75 Å². The molecule has 17 heavy (non-hydrogen) atoms. The molecule has 4 heteroatoms. The van der Waals surface area contributed by atoms with Gasteiger partial charge in [0, 0.05) is 13.1 Å². The van der Waals surface area contributed by atoms with Crippen molar-refractivity contribution in [2.45, 2.75) is 12.8 Å². The molecule has 2 rings (SSSR count). The van der Waals surface area contributed by atoms with Gasteiger partial charge in [-0.3, -0.25) is 4.90 Å². The molecular formula is C13H20BrNO2. The van der Waals surface area contributed by atoms with Crippen molar-refractivity contribution in [1.29, 1.82) is 0 Å². The average molecular weight is 302 g/mol. The maximum atomic E-state index is 9.33. The monoisotopic (exact) mass is 301 g/mol. The number of morpholine rings is 1. The summed E-state index contributed by atoms with van der Waals surface area (Å²) in [7, 11) is 0. The maximum Gasteiger partial charge on any atom is 0.115 e. The standard InChI is InChI=1S/C13H19NO2.BrH/c15-13-5-1-3-12(11-13)4-2-6-14-7-9-16-10-8-14;/h1,3,5,11,15H,2,4,6-10H2;1H. The molecule has 0 radical (unpaired) electrons. The van der Waals surface area contributed by atoms with Crippen LogP contribution in [0.1, 0.15) is 12.0 Å². The highest BCUT2D eigenvalue weighted by molar-refractivity contribution is 8.93. The third-order valence-corrected chi connectivity index (χ3v) is 2.95. The fourth-order valence-electron chi connectivity index (χ4n) is 2.04. The van der Waals surface area contributed by atoms with E-state index >= 15 is 0 Å². The van der Waals surface area contributed by atoms with Crippen LogP contribution < -0.4 is 0 Å². The number of aromatic hydroxyl groups is 1. The van der Waals surface area contributed by atoms with Crippen molar-refractivity contribution in [3.05, 3.63) is 29.8 Å².